The minimum Gasteiger partial charge on any atom is -0.459 e. The molecule has 0 fully saturated rings. The van der Waals surface area contributed by atoms with Crippen molar-refractivity contribution in [1.29, 1.82) is 0 Å². The van der Waals surface area contributed by atoms with Crippen molar-refractivity contribution in [3.63, 3.8) is 0 Å². The molecule has 1 aromatic heterocycles. The number of rotatable bonds is 7. The Morgan fingerprint density at radius 2 is 1.77 bits per heavy atom. The first-order valence-corrected chi connectivity index (χ1v) is 8.32. The third-order valence-electron chi connectivity index (χ3n) is 3.31. The lowest BCUT2D eigenvalue weighted by Gasteiger charge is -2.08. The summed E-state index contributed by atoms with van der Waals surface area (Å²) < 4.78 is 10.0. The van der Waals surface area contributed by atoms with Crippen LogP contribution in [0.1, 0.15) is 59.3 Å². The van der Waals surface area contributed by atoms with Gasteiger partial charge in [0.1, 0.15) is 5.69 Å². The molecule has 1 aromatic rings. The van der Waals surface area contributed by atoms with Crippen molar-refractivity contribution in [2.45, 2.75) is 47.1 Å². The minimum absolute atomic E-state index is 0.0569. The number of ether oxygens (including phenoxy) is 2. The molecule has 0 aliphatic carbocycles. The standard InChI is InChI=1S/C17H25N3O6/c1-6-7-18-17(24)20-12(21)8-25-16(23)14-10(4)13(11(5)19-14)15(22)26-9(2)3/h9,19H,6-8H2,1-5H3,(H2,18,20,21,24). The van der Waals surface area contributed by atoms with Gasteiger partial charge in [-0.1, -0.05) is 6.92 Å². The molecular weight excluding hydrogens is 342 g/mol. The topological polar surface area (TPSA) is 127 Å². The van der Waals surface area contributed by atoms with Gasteiger partial charge in [0.2, 0.25) is 0 Å². The van der Waals surface area contributed by atoms with Crippen LogP contribution in [-0.4, -0.2) is 48.1 Å². The highest BCUT2D eigenvalue weighted by Gasteiger charge is 2.25. The molecular formula is C17H25N3O6. The molecule has 0 radical (unpaired) electrons. The van der Waals surface area contributed by atoms with Crippen LogP contribution >= 0.6 is 0 Å². The maximum atomic E-state index is 12.2. The molecule has 3 amide bonds. The summed E-state index contributed by atoms with van der Waals surface area (Å²) in [4.78, 5) is 50.0. The number of urea groups is 1. The van der Waals surface area contributed by atoms with Gasteiger partial charge in [-0.3, -0.25) is 10.1 Å². The molecule has 0 unspecified atom stereocenters. The molecule has 0 aromatic carbocycles. The summed E-state index contributed by atoms with van der Waals surface area (Å²) in [6.07, 6.45) is 0.429. The molecule has 9 heteroatoms. The number of aryl methyl sites for hydroxylation is 1. The highest BCUT2D eigenvalue weighted by molar-refractivity contribution is 6.00. The molecule has 1 rings (SSSR count). The maximum absolute atomic E-state index is 12.2. The Morgan fingerprint density at radius 1 is 1.12 bits per heavy atom. The summed E-state index contributed by atoms with van der Waals surface area (Å²) in [5, 5.41) is 4.50. The van der Waals surface area contributed by atoms with Crippen LogP contribution in [-0.2, 0) is 14.3 Å². The van der Waals surface area contributed by atoms with Crippen molar-refractivity contribution in [3.8, 4) is 0 Å². The summed E-state index contributed by atoms with van der Waals surface area (Å²) in [5.41, 5.74) is 1.15. The van der Waals surface area contributed by atoms with Gasteiger partial charge in [-0.2, -0.15) is 0 Å². The van der Waals surface area contributed by atoms with Crippen LogP contribution in [0.15, 0.2) is 0 Å². The zero-order chi connectivity index (χ0) is 19.9. The number of imide groups is 1. The van der Waals surface area contributed by atoms with Gasteiger partial charge in [-0.15, -0.1) is 0 Å². The quantitative estimate of drug-likeness (QED) is 0.628. The van der Waals surface area contributed by atoms with Gasteiger partial charge in [0, 0.05) is 12.2 Å². The average Bonchev–Trinajstić information content (AvgIpc) is 2.84. The molecule has 1 heterocycles. The van der Waals surface area contributed by atoms with Crippen LogP contribution in [0, 0.1) is 13.8 Å². The molecule has 26 heavy (non-hydrogen) atoms. The fourth-order valence-electron chi connectivity index (χ4n) is 2.18. The van der Waals surface area contributed by atoms with E-state index in [1.54, 1.807) is 27.7 Å². The number of H-pyrrole nitrogens is 1. The zero-order valence-corrected chi connectivity index (χ0v) is 15.6. The van der Waals surface area contributed by atoms with Crippen molar-refractivity contribution >= 4 is 23.9 Å². The number of hydrogen-bond acceptors (Lipinski definition) is 6. The van der Waals surface area contributed by atoms with Crippen molar-refractivity contribution < 1.29 is 28.7 Å². The number of carbonyl (C=O) groups is 4. The van der Waals surface area contributed by atoms with E-state index in [-0.39, 0.29) is 17.4 Å². The largest absolute Gasteiger partial charge is 0.459 e. The molecule has 3 N–H and O–H groups in total. The van der Waals surface area contributed by atoms with Gasteiger partial charge in [0.15, 0.2) is 6.61 Å². The van der Waals surface area contributed by atoms with Crippen molar-refractivity contribution in [3.05, 3.63) is 22.5 Å². The van der Waals surface area contributed by atoms with Crippen molar-refractivity contribution in [1.82, 2.24) is 15.6 Å². The summed E-state index contributed by atoms with van der Waals surface area (Å²) in [7, 11) is 0. The second-order valence-corrected chi connectivity index (χ2v) is 5.96. The van der Waals surface area contributed by atoms with Crippen LogP contribution in [0.5, 0.6) is 0 Å². The van der Waals surface area contributed by atoms with Crippen LogP contribution in [0.3, 0.4) is 0 Å². The maximum Gasteiger partial charge on any atom is 0.355 e. The highest BCUT2D eigenvalue weighted by Crippen LogP contribution is 2.20. The van der Waals surface area contributed by atoms with Crippen LogP contribution < -0.4 is 10.6 Å². The van der Waals surface area contributed by atoms with E-state index in [0.29, 0.717) is 17.8 Å². The van der Waals surface area contributed by atoms with Gasteiger partial charge in [-0.05, 0) is 39.7 Å². The van der Waals surface area contributed by atoms with E-state index in [2.05, 4.69) is 10.3 Å². The van der Waals surface area contributed by atoms with Crippen LogP contribution in [0.25, 0.3) is 0 Å². The first-order valence-electron chi connectivity index (χ1n) is 8.32. The van der Waals surface area contributed by atoms with E-state index >= 15 is 0 Å². The number of aromatic nitrogens is 1. The first kappa shape index (κ1) is 21.2. The summed E-state index contributed by atoms with van der Waals surface area (Å²) in [5.74, 6) is -2.11. The smallest absolute Gasteiger partial charge is 0.355 e. The predicted molar refractivity (Wildman–Crippen MR) is 92.9 cm³/mol. The minimum atomic E-state index is -0.807. The molecule has 0 atom stereocenters. The Hall–Kier alpha value is -2.84. The lowest BCUT2D eigenvalue weighted by molar-refractivity contribution is -0.123. The van der Waals surface area contributed by atoms with Crippen molar-refractivity contribution in [2.24, 2.45) is 0 Å². The molecule has 0 saturated heterocycles. The van der Waals surface area contributed by atoms with Crippen LogP contribution in [0.4, 0.5) is 4.79 Å². The molecule has 0 bridgehead atoms. The van der Waals surface area contributed by atoms with E-state index in [4.69, 9.17) is 9.47 Å². The Labute approximate surface area is 151 Å². The number of carbonyl (C=O) groups excluding carboxylic acids is 4. The van der Waals surface area contributed by atoms with E-state index in [0.717, 1.165) is 6.42 Å². The van der Waals surface area contributed by atoms with E-state index < -0.39 is 30.5 Å². The summed E-state index contributed by atoms with van der Waals surface area (Å²) in [6.45, 7) is 8.33. The SMILES string of the molecule is CCCNC(=O)NC(=O)COC(=O)c1[nH]c(C)c(C(=O)OC(C)C)c1C. The fourth-order valence-corrected chi connectivity index (χ4v) is 2.18. The molecule has 0 aliphatic heterocycles. The lowest BCUT2D eigenvalue weighted by Crippen LogP contribution is -2.41. The zero-order valence-electron chi connectivity index (χ0n) is 15.6. The molecule has 0 aliphatic rings. The second kappa shape index (κ2) is 9.59. The normalized spacial score (nSPS) is 10.4. The number of nitrogens with one attached hydrogen (secondary N) is 3. The Balaban J connectivity index is 2.70. The molecule has 144 valence electrons. The number of aromatic amines is 1. The van der Waals surface area contributed by atoms with Gasteiger partial charge in [0.05, 0.1) is 11.7 Å². The molecule has 0 spiro atoms. The lowest BCUT2D eigenvalue weighted by atomic mass is 10.1. The Kier molecular flexibility index (Phi) is 7.82. The summed E-state index contributed by atoms with van der Waals surface area (Å²) >= 11 is 0. The third-order valence-corrected chi connectivity index (χ3v) is 3.31. The average molecular weight is 367 g/mol. The first-order chi connectivity index (χ1) is 12.2. The van der Waals surface area contributed by atoms with Crippen LogP contribution in [0.2, 0.25) is 0 Å². The van der Waals surface area contributed by atoms with Gasteiger partial charge >= 0.3 is 18.0 Å². The van der Waals surface area contributed by atoms with Gasteiger partial charge in [-0.25, -0.2) is 14.4 Å². The Bertz CT molecular complexity index is 693. The number of hydrogen-bond donors (Lipinski definition) is 3. The fraction of sp³-hybridized carbons (Fsp3) is 0.529. The summed E-state index contributed by atoms with van der Waals surface area (Å²) in [6, 6.07) is -0.654. The highest BCUT2D eigenvalue weighted by atomic mass is 16.5. The van der Waals surface area contributed by atoms with E-state index in [9.17, 15) is 19.2 Å². The van der Waals surface area contributed by atoms with Gasteiger partial charge in [0.25, 0.3) is 5.91 Å². The van der Waals surface area contributed by atoms with Gasteiger partial charge < -0.3 is 19.8 Å². The van der Waals surface area contributed by atoms with E-state index in [1.807, 2.05) is 12.2 Å². The third kappa shape index (κ3) is 5.91. The number of amides is 3. The number of esters is 2. The molecule has 0 saturated carbocycles. The van der Waals surface area contributed by atoms with E-state index in [1.165, 1.54) is 0 Å². The molecule has 9 nitrogen and oxygen atoms in total. The monoisotopic (exact) mass is 367 g/mol. The predicted octanol–water partition coefficient (Wildman–Crippen LogP) is 1.59. The van der Waals surface area contributed by atoms with Crippen molar-refractivity contribution in [2.75, 3.05) is 13.2 Å². The Morgan fingerprint density at radius 3 is 2.35 bits per heavy atom. The second-order valence-electron chi connectivity index (χ2n) is 5.96.